The molecule has 6 rings (SSSR count). The molecule has 220 valence electrons. The molecule has 0 amide bonds. The highest BCUT2D eigenvalue weighted by Crippen LogP contribution is 2.82. The summed E-state index contributed by atoms with van der Waals surface area (Å²) >= 11 is 0. The summed E-state index contributed by atoms with van der Waals surface area (Å²) in [6.45, 7) is 8.35. The fraction of sp³-hybridized carbons (Fsp3) is 0.759. The molecule has 4 heterocycles. The van der Waals surface area contributed by atoms with Crippen molar-refractivity contribution >= 4 is 17.9 Å². The van der Waals surface area contributed by atoms with Gasteiger partial charge in [-0.2, -0.15) is 0 Å². The van der Waals surface area contributed by atoms with Crippen molar-refractivity contribution in [2.45, 2.75) is 95.6 Å². The summed E-state index contributed by atoms with van der Waals surface area (Å²) in [4.78, 5) is 38.3. The van der Waals surface area contributed by atoms with Crippen LogP contribution in [-0.2, 0) is 33.3 Å². The Balaban J connectivity index is 1.57. The lowest BCUT2D eigenvalue weighted by Gasteiger charge is -2.69. The van der Waals surface area contributed by atoms with E-state index >= 15 is 0 Å². The predicted molar refractivity (Wildman–Crippen MR) is 134 cm³/mol. The van der Waals surface area contributed by atoms with E-state index < -0.39 is 87.2 Å². The zero-order valence-electron chi connectivity index (χ0n) is 23.6. The molecule has 2 saturated carbocycles. The van der Waals surface area contributed by atoms with Crippen LogP contribution in [0.15, 0.2) is 23.0 Å². The van der Waals surface area contributed by atoms with Crippen LogP contribution in [0.1, 0.15) is 72.0 Å². The fourth-order valence-electron chi connectivity index (χ4n) is 10.4. The van der Waals surface area contributed by atoms with Crippen LogP contribution in [0.2, 0.25) is 0 Å². The number of hydrogen-bond acceptors (Lipinski definition) is 11. The minimum Gasteiger partial charge on any atom is -0.472 e. The Kier molecular flexibility index (Phi) is 5.60. The molecule has 11 nitrogen and oxygen atoms in total. The summed E-state index contributed by atoms with van der Waals surface area (Å²) in [6, 6.07) is 1.75. The van der Waals surface area contributed by atoms with E-state index in [1.54, 1.807) is 33.1 Å². The first kappa shape index (κ1) is 27.7. The van der Waals surface area contributed by atoms with E-state index in [-0.39, 0.29) is 12.8 Å². The number of esters is 3. The van der Waals surface area contributed by atoms with Gasteiger partial charge in [0.1, 0.15) is 12.2 Å². The van der Waals surface area contributed by atoms with E-state index in [9.17, 15) is 29.7 Å². The van der Waals surface area contributed by atoms with Gasteiger partial charge in [-0.15, -0.1) is 0 Å². The monoisotopic (exact) mass is 562 g/mol. The Bertz CT molecular complexity index is 1260. The van der Waals surface area contributed by atoms with Crippen molar-refractivity contribution in [3.63, 3.8) is 0 Å². The van der Waals surface area contributed by atoms with E-state index in [4.69, 9.17) is 23.4 Å². The molecule has 11 heteroatoms. The zero-order valence-corrected chi connectivity index (χ0v) is 23.6. The highest BCUT2D eigenvalue weighted by atomic mass is 16.7. The quantitative estimate of drug-likeness (QED) is 0.364. The van der Waals surface area contributed by atoms with Gasteiger partial charge < -0.3 is 38.7 Å². The lowest BCUT2D eigenvalue weighted by Crippen LogP contribution is -2.81. The maximum atomic E-state index is 13.1. The standard InChI is InChI=1S/C29H38O11/c1-14(30)38-23-24(2,3)20(19(32)22(33)36-6)26(5)16-7-9-25(4)17(27(16)13-28(23,34)29(26,35)40-27)11-18(31)39-21(25)15-8-10-37-12-15/h8,10,12,16-17,19-21,23,32,34-35H,7,9,11,13H2,1-6H3. The van der Waals surface area contributed by atoms with Gasteiger partial charge in [0.05, 0.1) is 31.7 Å². The van der Waals surface area contributed by atoms with Crippen molar-refractivity contribution in [1.82, 2.24) is 0 Å². The first-order valence-electron chi connectivity index (χ1n) is 13.8. The van der Waals surface area contributed by atoms with Gasteiger partial charge in [0.2, 0.25) is 5.79 Å². The molecule has 2 aliphatic carbocycles. The number of carbonyl (C=O) groups excluding carboxylic acids is 3. The van der Waals surface area contributed by atoms with Crippen molar-refractivity contribution in [3.8, 4) is 0 Å². The minimum atomic E-state index is -2.32. The largest absolute Gasteiger partial charge is 0.472 e. The van der Waals surface area contributed by atoms with Crippen LogP contribution < -0.4 is 0 Å². The molecule has 1 aromatic rings. The molecule has 2 bridgehead atoms. The van der Waals surface area contributed by atoms with Crippen LogP contribution in [0, 0.1) is 34.0 Å². The maximum Gasteiger partial charge on any atom is 0.335 e. The number of cyclic esters (lactones) is 1. The van der Waals surface area contributed by atoms with E-state index in [2.05, 4.69) is 0 Å². The molecule has 3 N–H and O–H groups in total. The highest BCUT2D eigenvalue weighted by Gasteiger charge is 2.92. The average Bonchev–Trinajstić information content (AvgIpc) is 3.52. The third-order valence-corrected chi connectivity index (χ3v) is 11.5. The summed E-state index contributed by atoms with van der Waals surface area (Å²) in [6.07, 6.45) is 0.279. The fourth-order valence-corrected chi connectivity index (χ4v) is 10.4. The van der Waals surface area contributed by atoms with Crippen molar-refractivity contribution in [2.75, 3.05) is 7.11 Å². The van der Waals surface area contributed by atoms with E-state index in [0.717, 1.165) is 7.11 Å². The number of aliphatic hydroxyl groups is 3. The average molecular weight is 563 g/mol. The van der Waals surface area contributed by atoms with E-state index in [0.29, 0.717) is 18.4 Å². The van der Waals surface area contributed by atoms with Crippen molar-refractivity contribution < 1.29 is 53.1 Å². The van der Waals surface area contributed by atoms with Crippen LogP contribution in [0.5, 0.6) is 0 Å². The summed E-state index contributed by atoms with van der Waals surface area (Å²) in [5.74, 6) is -6.42. The molecule has 1 aromatic heterocycles. The van der Waals surface area contributed by atoms with Gasteiger partial charge >= 0.3 is 17.9 Å². The molecule has 3 saturated heterocycles. The third-order valence-electron chi connectivity index (χ3n) is 11.5. The van der Waals surface area contributed by atoms with Crippen LogP contribution >= 0.6 is 0 Å². The number of aliphatic hydroxyl groups excluding tert-OH is 1. The topological polar surface area (TPSA) is 162 Å². The second-order valence-electron chi connectivity index (χ2n) is 13.6. The van der Waals surface area contributed by atoms with E-state index in [1.165, 1.54) is 13.2 Å². The van der Waals surface area contributed by atoms with Gasteiger partial charge in [0.15, 0.2) is 11.7 Å². The van der Waals surface area contributed by atoms with E-state index in [1.807, 2.05) is 6.92 Å². The molecule has 1 spiro atoms. The predicted octanol–water partition coefficient (Wildman–Crippen LogP) is 2.02. The van der Waals surface area contributed by atoms with Crippen molar-refractivity contribution in [1.29, 1.82) is 0 Å². The molecule has 0 radical (unpaired) electrons. The molecular weight excluding hydrogens is 524 g/mol. The first-order valence-corrected chi connectivity index (χ1v) is 13.8. The Morgan fingerprint density at radius 2 is 1.85 bits per heavy atom. The molecular formula is C29H38O11. The Hall–Kier alpha value is -2.47. The number of rotatable bonds is 4. The third kappa shape index (κ3) is 2.92. The Morgan fingerprint density at radius 1 is 1.15 bits per heavy atom. The highest BCUT2D eigenvalue weighted by molar-refractivity contribution is 5.75. The number of methoxy groups -OCH3 is 1. The number of ether oxygens (including phenoxy) is 4. The van der Waals surface area contributed by atoms with Gasteiger partial charge in [0.25, 0.3) is 0 Å². The van der Waals surface area contributed by atoms with Gasteiger partial charge in [-0.1, -0.05) is 27.7 Å². The van der Waals surface area contributed by atoms with Gasteiger partial charge in [0, 0.05) is 47.0 Å². The van der Waals surface area contributed by atoms with Gasteiger partial charge in [-0.05, 0) is 24.8 Å². The molecule has 11 atom stereocenters. The first-order chi connectivity index (χ1) is 18.5. The normalized spacial score (nSPS) is 48.9. The smallest absolute Gasteiger partial charge is 0.335 e. The Morgan fingerprint density at radius 3 is 2.45 bits per heavy atom. The Labute approximate surface area is 232 Å². The molecule has 40 heavy (non-hydrogen) atoms. The molecule has 3 aliphatic heterocycles. The lowest BCUT2D eigenvalue weighted by molar-refractivity contribution is -0.381. The number of hydrogen-bond donors (Lipinski definition) is 3. The van der Waals surface area contributed by atoms with Gasteiger partial charge in [-0.3, -0.25) is 9.59 Å². The number of furan rings is 1. The maximum absolute atomic E-state index is 13.1. The zero-order chi connectivity index (χ0) is 29.3. The SMILES string of the molecule is COC(=O)C(O)C1C(C)(C)C(OC(C)=O)C2(O)CC34OC2(O)C1(C)C3CCC1(C)C(c2ccoc2)OC(=O)CC14. The molecule has 5 aliphatic rings. The summed E-state index contributed by atoms with van der Waals surface area (Å²) in [5, 5.41) is 36.6. The second kappa shape index (κ2) is 8.08. The molecule has 5 fully saturated rings. The van der Waals surface area contributed by atoms with Crippen molar-refractivity contribution in [2.24, 2.45) is 34.0 Å². The minimum absolute atomic E-state index is 0.0184. The molecule has 11 unspecified atom stereocenters. The second-order valence-corrected chi connectivity index (χ2v) is 13.6. The number of fused-ring (bicyclic) bond motifs is 2. The van der Waals surface area contributed by atoms with Crippen LogP contribution in [-0.4, -0.2) is 69.5 Å². The van der Waals surface area contributed by atoms with Crippen molar-refractivity contribution in [3.05, 3.63) is 24.2 Å². The van der Waals surface area contributed by atoms with Crippen LogP contribution in [0.3, 0.4) is 0 Å². The summed E-state index contributed by atoms with van der Waals surface area (Å²) in [5.41, 5.74) is -5.93. The molecule has 0 aromatic carbocycles. The summed E-state index contributed by atoms with van der Waals surface area (Å²) < 4.78 is 28.5. The van der Waals surface area contributed by atoms with Crippen LogP contribution in [0.25, 0.3) is 0 Å². The van der Waals surface area contributed by atoms with Crippen LogP contribution in [0.4, 0.5) is 0 Å². The van der Waals surface area contributed by atoms with Gasteiger partial charge in [-0.25, -0.2) is 4.79 Å². The lowest BCUT2D eigenvalue weighted by atomic mass is 9.35. The summed E-state index contributed by atoms with van der Waals surface area (Å²) in [7, 11) is 1.16. The number of carbonyl (C=O) groups is 3.